The van der Waals surface area contributed by atoms with Crippen molar-refractivity contribution in [1.29, 1.82) is 5.26 Å². The van der Waals surface area contributed by atoms with Gasteiger partial charge in [0, 0.05) is 6.54 Å². The zero-order valence-corrected chi connectivity index (χ0v) is 12.1. The zero-order chi connectivity index (χ0) is 15.5. The monoisotopic (exact) mass is 304 g/mol. The first kappa shape index (κ1) is 15.0. The summed E-state index contributed by atoms with van der Waals surface area (Å²) in [6.45, 7) is 1.92. The Balaban J connectivity index is 2.44. The zero-order valence-electron chi connectivity index (χ0n) is 11.3. The summed E-state index contributed by atoms with van der Waals surface area (Å²) in [5, 5.41) is 8.75. The number of rotatable bonds is 4. The summed E-state index contributed by atoms with van der Waals surface area (Å²) < 4.78 is 39.3. The predicted molar refractivity (Wildman–Crippen MR) is 77.8 cm³/mol. The van der Waals surface area contributed by atoms with Gasteiger partial charge in [0.2, 0.25) is 0 Å². The van der Waals surface area contributed by atoms with Crippen LogP contribution in [0.25, 0.3) is 0 Å². The highest BCUT2D eigenvalue weighted by Gasteiger charge is 2.23. The fourth-order valence-electron chi connectivity index (χ4n) is 1.93. The molecule has 0 saturated heterocycles. The molecule has 108 valence electrons. The van der Waals surface area contributed by atoms with Crippen LogP contribution in [0, 0.1) is 17.1 Å². The van der Waals surface area contributed by atoms with Crippen molar-refractivity contribution in [2.24, 2.45) is 0 Å². The third kappa shape index (κ3) is 3.03. The number of anilines is 1. The molecule has 0 bridgehead atoms. The Hall–Kier alpha value is -2.39. The normalized spacial score (nSPS) is 10.9. The molecule has 0 fully saturated rings. The van der Waals surface area contributed by atoms with Crippen LogP contribution in [0.15, 0.2) is 53.4 Å². The van der Waals surface area contributed by atoms with Gasteiger partial charge in [-0.2, -0.15) is 5.26 Å². The van der Waals surface area contributed by atoms with E-state index < -0.39 is 15.8 Å². The minimum Gasteiger partial charge on any atom is -0.267 e. The van der Waals surface area contributed by atoms with E-state index in [1.54, 1.807) is 6.92 Å². The van der Waals surface area contributed by atoms with E-state index >= 15 is 0 Å². The lowest BCUT2D eigenvalue weighted by molar-refractivity contribution is 0.591. The molecule has 2 aromatic carbocycles. The first-order chi connectivity index (χ1) is 9.98. The van der Waals surface area contributed by atoms with Crippen molar-refractivity contribution in [2.45, 2.75) is 11.8 Å². The highest BCUT2D eigenvalue weighted by atomic mass is 32.2. The number of nitrogens with zero attached hydrogens (tertiary/aromatic N) is 2. The summed E-state index contributed by atoms with van der Waals surface area (Å²) in [4.78, 5) is 0.0904. The molecule has 21 heavy (non-hydrogen) atoms. The Morgan fingerprint density at radius 2 is 1.67 bits per heavy atom. The van der Waals surface area contributed by atoms with Gasteiger partial charge in [-0.05, 0) is 55.5 Å². The van der Waals surface area contributed by atoms with E-state index in [9.17, 15) is 12.8 Å². The van der Waals surface area contributed by atoms with Crippen LogP contribution in [-0.4, -0.2) is 15.0 Å². The minimum absolute atomic E-state index is 0.0904. The second-order valence-electron chi connectivity index (χ2n) is 4.28. The van der Waals surface area contributed by atoms with Crippen LogP contribution >= 0.6 is 0 Å². The van der Waals surface area contributed by atoms with E-state index in [-0.39, 0.29) is 11.4 Å². The Morgan fingerprint density at radius 1 is 1.10 bits per heavy atom. The molecule has 0 unspecified atom stereocenters. The Labute approximate surface area is 123 Å². The van der Waals surface area contributed by atoms with Crippen LogP contribution in [0.1, 0.15) is 12.5 Å². The summed E-state index contributed by atoms with van der Waals surface area (Å²) in [6, 6.07) is 12.9. The molecule has 0 radical (unpaired) electrons. The van der Waals surface area contributed by atoms with Crippen LogP contribution < -0.4 is 4.31 Å². The molecule has 0 aliphatic rings. The maximum absolute atomic E-state index is 13.0. The Kier molecular flexibility index (Phi) is 4.24. The fourth-order valence-corrected chi connectivity index (χ4v) is 3.40. The van der Waals surface area contributed by atoms with E-state index in [0.717, 1.165) is 0 Å². The molecule has 0 heterocycles. The predicted octanol–water partition coefficient (Wildman–Crippen LogP) is 2.91. The minimum atomic E-state index is -3.74. The van der Waals surface area contributed by atoms with Gasteiger partial charge in [0.25, 0.3) is 10.0 Å². The topological polar surface area (TPSA) is 61.2 Å². The molecule has 6 heteroatoms. The number of hydrogen-bond acceptors (Lipinski definition) is 3. The Morgan fingerprint density at radius 3 is 2.14 bits per heavy atom. The van der Waals surface area contributed by atoms with E-state index in [0.29, 0.717) is 11.3 Å². The van der Waals surface area contributed by atoms with Crippen molar-refractivity contribution in [1.82, 2.24) is 0 Å². The molecule has 0 aromatic heterocycles. The van der Waals surface area contributed by atoms with Gasteiger partial charge < -0.3 is 0 Å². The summed E-state index contributed by atoms with van der Waals surface area (Å²) in [5.41, 5.74) is 0.780. The molecular formula is C15H13FN2O2S. The first-order valence-corrected chi connectivity index (χ1v) is 7.71. The van der Waals surface area contributed by atoms with Crippen molar-refractivity contribution in [3.8, 4) is 6.07 Å². The first-order valence-electron chi connectivity index (χ1n) is 6.27. The lowest BCUT2D eigenvalue weighted by Crippen LogP contribution is -2.30. The number of sulfonamides is 1. The third-order valence-electron chi connectivity index (χ3n) is 2.97. The summed E-state index contributed by atoms with van der Waals surface area (Å²) in [6.07, 6.45) is 0. The SMILES string of the molecule is CCN(c1ccc(F)cc1)S(=O)(=O)c1ccc(C#N)cc1. The highest BCUT2D eigenvalue weighted by Crippen LogP contribution is 2.23. The van der Waals surface area contributed by atoms with Gasteiger partial charge in [-0.3, -0.25) is 4.31 Å². The van der Waals surface area contributed by atoms with Crippen LogP contribution in [0.4, 0.5) is 10.1 Å². The average Bonchev–Trinajstić information content (AvgIpc) is 2.50. The summed E-state index contributed by atoms with van der Waals surface area (Å²) in [7, 11) is -3.74. The fraction of sp³-hybridized carbons (Fsp3) is 0.133. The molecular weight excluding hydrogens is 291 g/mol. The average molecular weight is 304 g/mol. The lowest BCUT2D eigenvalue weighted by atomic mass is 10.2. The third-order valence-corrected chi connectivity index (χ3v) is 4.89. The van der Waals surface area contributed by atoms with Crippen LogP contribution in [-0.2, 0) is 10.0 Å². The van der Waals surface area contributed by atoms with Crippen molar-refractivity contribution in [2.75, 3.05) is 10.8 Å². The van der Waals surface area contributed by atoms with E-state index in [4.69, 9.17) is 5.26 Å². The second-order valence-corrected chi connectivity index (χ2v) is 6.14. The van der Waals surface area contributed by atoms with Gasteiger partial charge in [0.1, 0.15) is 5.82 Å². The molecule has 0 N–H and O–H groups in total. The van der Waals surface area contributed by atoms with Gasteiger partial charge in [0.05, 0.1) is 22.2 Å². The van der Waals surface area contributed by atoms with E-state index in [2.05, 4.69) is 0 Å². The second kappa shape index (κ2) is 5.94. The maximum Gasteiger partial charge on any atom is 0.264 e. The number of halogens is 1. The van der Waals surface area contributed by atoms with Crippen molar-refractivity contribution in [3.63, 3.8) is 0 Å². The van der Waals surface area contributed by atoms with Crippen molar-refractivity contribution >= 4 is 15.7 Å². The molecule has 0 aliphatic heterocycles. The quantitative estimate of drug-likeness (QED) is 0.872. The number of hydrogen-bond donors (Lipinski definition) is 0. The summed E-state index contributed by atoms with van der Waals surface area (Å²) in [5.74, 6) is -0.425. The lowest BCUT2D eigenvalue weighted by Gasteiger charge is -2.22. The molecule has 0 spiro atoms. The largest absolute Gasteiger partial charge is 0.267 e. The molecule has 0 atom stereocenters. The van der Waals surface area contributed by atoms with Crippen LogP contribution in [0.3, 0.4) is 0 Å². The number of nitriles is 1. The van der Waals surface area contributed by atoms with Gasteiger partial charge in [0.15, 0.2) is 0 Å². The van der Waals surface area contributed by atoms with E-state index in [1.165, 1.54) is 52.8 Å². The molecule has 0 saturated carbocycles. The van der Waals surface area contributed by atoms with Gasteiger partial charge in [-0.25, -0.2) is 12.8 Å². The summed E-state index contributed by atoms with van der Waals surface area (Å²) >= 11 is 0. The molecule has 4 nitrogen and oxygen atoms in total. The standard InChI is InChI=1S/C15H13FN2O2S/c1-2-18(14-7-5-13(16)6-8-14)21(19,20)15-9-3-12(11-17)4-10-15/h3-10H,2H2,1H3. The van der Waals surface area contributed by atoms with Crippen LogP contribution in [0.5, 0.6) is 0 Å². The maximum atomic E-state index is 13.0. The van der Waals surface area contributed by atoms with Crippen molar-refractivity contribution < 1.29 is 12.8 Å². The van der Waals surface area contributed by atoms with E-state index in [1.807, 2.05) is 6.07 Å². The van der Waals surface area contributed by atoms with Gasteiger partial charge in [-0.1, -0.05) is 0 Å². The van der Waals surface area contributed by atoms with Gasteiger partial charge >= 0.3 is 0 Å². The van der Waals surface area contributed by atoms with Crippen LogP contribution in [0.2, 0.25) is 0 Å². The highest BCUT2D eigenvalue weighted by molar-refractivity contribution is 7.92. The molecule has 0 aliphatic carbocycles. The van der Waals surface area contributed by atoms with Gasteiger partial charge in [-0.15, -0.1) is 0 Å². The number of benzene rings is 2. The molecule has 0 amide bonds. The molecule has 2 aromatic rings. The molecule has 2 rings (SSSR count). The Bertz CT molecular complexity index is 763. The van der Waals surface area contributed by atoms with Crippen molar-refractivity contribution in [3.05, 3.63) is 59.9 Å². The smallest absolute Gasteiger partial charge is 0.264 e.